The van der Waals surface area contributed by atoms with Crippen molar-refractivity contribution in [2.45, 2.75) is 39.3 Å². The zero-order valence-electron chi connectivity index (χ0n) is 12.3. The highest BCUT2D eigenvalue weighted by Gasteiger charge is 2.20. The molecule has 0 aliphatic carbocycles. The molecule has 1 saturated heterocycles. The molecule has 4 nitrogen and oxygen atoms in total. The smallest absolute Gasteiger partial charge is 0.0569 e. The lowest BCUT2D eigenvalue weighted by molar-refractivity contribution is 0.193. The summed E-state index contributed by atoms with van der Waals surface area (Å²) in [5, 5.41) is 0. The van der Waals surface area contributed by atoms with E-state index in [1.54, 1.807) is 0 Å². The summed E-state index contributed by atoms with van der Waals surface area (Å²) in [5.74, 6) is 0. The van der Waals surface area contributed by atoms with E-state index >= 15 is 0 Å². The van der Waals surface area contributed by atoms with Crippen molar-refractivity contribution < 1.29 is 0 Å². The summed E-state index contributed by atoms with van der Waals surface area (Å²) >= 11 is 0. The third-order valence-corrected chi connectivity index (χ3v) is 4.13. The lowest BCUT2D eigenvalue weighted by Crippen LogP contribution is -2.49. The largest absolute Gasteiger partial charge is 0.368 e. The average Bonchev–Trinajstić information content (AvgIpc) is 2.46. The van der Waals surface area contributed by atoms with Crippen LogP contribution < -0.4 is 10.6 Å². The van der Waals surface area contributed by atoms with Crippen molar-refractivity contribution in [1.82, 2.24) is 9.88 Å². The fraction of sp³-hybridized carbons (Fsp3) is 0.667. The van der Waals surface area contributed by atoms with Crippen molar-refractivity contribution >= 4 is 5.69 Å². The van der Waals surface area contributed by atoms with Crippen LogP contribution >= 0.6 is 0 Å². The zero-order valence-corrected chi connectivity index (χ0v) is 12.3. The van der Waals surface area contributed by atoms with E-state index < -0.39 is 0 Å². The Morgan fingerprint density at radius 3 is 2.37 bits per heavy atom. The first kappa shape index (κ1) is 14.3. The molecule has 4 heteroatoms. The number of pyridine rings is 1. The summed E-state index contributed by atoms with van der Waals surface area (Å²) in [6, 6.07) is 4.89. The highest BCUT2D eigenvalue weighted by Crippen LogP contribution is 2.18. The van der Waals surface area contributed by atoms with Crippen LogP contribution in [0.25, 0.3) is 0 Å². The number of anilines is 1. The summed E-state index contributed by atoms with van der Waals surface area (Å²) in [5.41, 5.74) is 8.00. The molecule has 0 amide bonds. The topological polar surface area (TPSA) is 45.4 Å². The summed E-state index contributed by atoms with van der Waals surface area (Å²) in [4.78, 5) is 9.43. The molecule has 1 aliphatic rings. The normalized spacial score (nSPS) is 20.3. The molecule has 2 N–H and O–H groups in total. The van der Waals surface area contributed by atoms with E-state index in [4.69, 9.17) is 5.73 Å². The molecule has 1 aromatic rings. The van der Waals surface area contributed by atoms with E-state index in [1.165, 1.54) is 12.1 Å². The van der Waals surface area contributed by atoms with Gasteiger partial charge in [-0.05, 0) is 32.4 Å². The number of hydrogen-bond acceptors (Lipinski definition) is 4. The van der Waals surface area contributed by atoms with E-state index in [0.29, 0.717) is 6.04 Å². The Bertz CT molecular complexity index is 380. The third-order valence-electron chi connectivity index (χ3n) is 4.13. The molecular formula is C15H26N4. The molecule has 0 spiro atoms. The van der Waals surface area contributed by atoms with Gasteiger partial charge in [0.1, 0.15) is 0 Å². The molecule has 0 saturated carbocycles. The van der Waals surface area contributed by atoms with Gasteiger partial charge in [0.2, 0.25) is 0 Å². The summed E-state index contributed by atoms with van der Waals surface area (Å²) in [6.45, 7) is 11.0. The maximum atomic E-state index is 5.83. The van der Waals surface area contributed by atoms with Crippen molar-refractivity contribution in [3.05, 3.63) is 24.0 Å². The third kappa shape index (κ3) is 3.45. The van der Waals surface area contributed by atoms with Crippen LogP contribution in [0, 0.1) is 0 Å². The molecule has 0 radical (unpaired) electrons. The lowest BCUT2D eigenvalue weighted by Gasteiger charge is -2.38. The summed E-state index contributed by atoms with van der Waals surface area (Å²) in [6.07, 6.45) is 3.18. The fourth-order valence-electron chi connectivity index (χ4n) is 2.53. The van der Waals surface area contributed by atoms with Gasteiger partial charge in [0.25, 0.3) is 0 Å². The Kier molecular flexibility index (Phi) is 4.77. The van der Waals surface area contributed by atoms with Crippen molar-refractivity contribution in [1.29, 1.82) is 0 Å². The Morgan fingerprint density at radius 2 is 1.89 bits per heavy atom. The van der Waals surface area contributed by atoms with Gasteiger partial charge in [0.05, 0.1) is 17.6 Å². The molecule has 2 rings (SSSR count). The average molecular weight is 262 g/mol. The maximum Gasteiger partial charge on any atom is 0.0569 e. The number of nitrogens with two attached hydrogens (primary N) is 1. The first-order chi connectivity index (χ1) is 9.11. The van der Waals surface area contributed by atoms with Gasteiger partial charge in [-0.3, -0.25) is 9.88 Å². The second-order valence-corrected chi connectivity index (χ2v) is 5.51. The molecular weight excluding hydrogens is 236 g/mol. The summed E-state index contributed by atoms with van der Waals surface area (Å²) in [7, 11) is 0. The van der Waals surface area contributed by atoms with Gasteiger partial charge in [-0.25, -0.2) is 0 Å². The van der Waals surface area contributed by atoms with Crippen LogP contribution in [0.15, 0.2) is 18.3 Å². The van der Waals surface area contributed by atoms with E-state index in [1.807, 2.05) is 19.2 Å². The predicted octanol–water partition coefficient (Wildman–Crippen LogP) is 2.02. The van der Waals surface area contributed by atoms with Gasteiger partial charge in [-0.1, -0.05) is 6.92 Å². The van der Waals surface area contributed by atoms with E-state index in [9.17, 15) is 0 Å². The quantitative estimate of drug-likeness (QED) is 0.902. The molecule has 106 valence electrons. The summed E-state index contributed by atoms with van der Waals surface area (Å²) < 4.78 is 0. The number of rotatable bonds is 4. The van der Waals surface area contributed by atoms with E-state index in [0.717, 1.165) is 31.9 Å². The van der Waals surface area contributed by atoms with E-state index in [-0.39, 0.29) is 6.04 Å². The number of aromatic nitrogens is 1. The van der Waals surface area contributed by atoms with Crippen LogP contribution in [0.4, 0.5) is 5.69 Å². The van der Waals surface area contributed by atoms with Crippen LogP contribution in [-0.2, 0) is 0 Å². The SMILES string of the molecule is CCC(C)N1CCN(c2ccc(C(C)N)nc2)CC1. The van der Waals surface area contributed by atoms with Crippen molar-refractivity contribution in [3.63, 3.8) is 0 Å². The maximum absolute atomic E-state index is 5.83. The number of hydrogen-bond donors (Lipinski definition) is 1. The second-order valence-electron chi connectivity index (χ2n) is 5.51. The van der Waals surface area contributed by atoms with Gasteiger partial charge in [-0.15, -0.1) is 0 Å². The predicted molar refractivity (Wildman–Crippen MR) is 80.4 cm³/mol. The first-order valence-electron chi connectivity index (χ1n) is 7.32. The minimum atomic E-state index is 0.0105. The van der Waals surface area contributed by atoms with Crippen LogP contribution in [0.5, 0.6) is 0 Å². The van der Waals surface area contributed by atoms with Crippen LogP contribution in [0.3, 0.4) is 0 Å². The molecule has 2 atom stereocenters. The zero-order chi connectivity index (χ0) is 13.8. The Labute approximate surface area is 116 Å². The highest BCUT2D eigenvalue weighted by molar-refractivity contribution is 5.45. The van der Waals surface area contributed by atoms with Crippen molar-refractivity contribution in [3.8, 4) is 0 Å². The van der Waals surface area contributed by atoms with Gasteiger partial charge in [0.15, 0.2) is 0 Å². The number of nitrogens with zero attached hydrogens (tertiary/aromatic N) is 3. The Hall–Kier alpha value is -1.13. The molecule has 0 bridgehead atoms. The van der Waals surface area contributed by atoms with Gasteiger partial charge in [0, 0.05) is 38.3 Å². The van der Waals surface area contributed by atoms with Crippen LogP contribution in [-0.4, -0.2) is 42.1 Å². The fourth-order valence-corrected chi connectivity index (χ4v) is 2.53. The molecule has 1 aliphatic heterocycles. The minimum Gasteiger partial charge on any atom is -0.368 e. The first-order valence-corrected chi connectivity index (χ1v) is 7.32. The van der Waals surface area contributed by atoms with Gasteiger partial charge >= 0.3 is 0 Å². The standard InChI is InChI=1S/C15H26N4/c1-4-12(2)18-7-9-19(10-8-18)14-5-6-15(13(3)16)17-11-14/h5-6,11-13H,4,7-10,16H2,1-3H3. The van der Waals surface area contributed by atoms with Crippen molar-refractivity contribution in [2.75, 3.05) is 31.1 Å². The Balaban J connectivity index is 1.94. The number of piperazine rings is 1. The van der Waals surface area contributed by atoms with E-state index in [2.05, 4.69) is 34.7 Å². The second kappa shape index (κ2) is 6.35. The molecule has 2 heterocycles. The molecule has 0 aromatic carbocycles. The monoisotopic (exact) mass is 262 g/mol. The van der Waals surface area contributed by atoms with Crippen molar-refractivity contribution in [2.24, 2.45) is 5.73 Å². The molecule has 1 aromatic heterocycles. The van der Waals surface area contributed by atoms with Crippen LogP contribution in [0.1, 0.15) is 38.9 Å². The van der Waals surface area contributed by atoms with Gasteiger partial charge in [-0.2, -0.15) is 0 Å². The van der Waals surface area contributed by atoms with Crippen LogP contribution in [0.2, 0.25) is 0 Å². The minimum absolute atomic E-state index is 0.0105. The highest BCUT2D eigenvalue weighted by atomic mass is 15.3. The van der Waals surface area contributed by atoms with Gasteiger partial charge < -0.3 is 10.6 Å². The Morgan fingerprint density at radius 1 is 1.21 bits per heavy atom. The molecule has 19 heavy (non-hydrogen) atoms. The lowest BCUT2D eigenvalue weighted by atomic mass is 10.1. The molecule has 2 unspecified atom stereocenters. The molecule has 1 fully saturated rings.